The highest BCUT2D eigenvalue weighted by Crippen LogP contribution is 2.14. The van der Waals surface area contributed by atoms with Crippen LogP contribution in [-0.4, -0.2) is 28.8 Å². The number of hydrogen-bond acceptors (Lipinski definition) is 3. The highest BCUT2D eigenvalue weighted by Gasteiger charge is 2.13. The number of benzene rings is 2. The Kier molecular flexibility index (Phi) is 6.20. The van der Waals surface area contributed by atoms with E-state index in [1.807, 2.05) is 60.9 Å². The summed E-state index contributed by atoms with van der Waals surface area (Å²) in [6, 6.07) is 20.0. The monoisotopic (exact) mass is 376 g/mol. The first kappa shape index (κ1) is 18.9. The molecular formula is C21H20N4O3. The molecule has 0 saturated heterocycles. The van der Waals surface area contributed by atoms with E-state index >= 15 is 0 Å². The van der Waals surface area contributed by atoms with Crippen LogP contribution in [0.3, 0.4) is 0 Å². The van der Waals surface area contributed by atoms with Gasteiger partial charge in [0.1, 0.15) is 0 Å². The molecule has 0 unspecified atom stereocenters. The first-order valence-corrected chi connectivity index (χ1v) is 8.75. The lowest BCUT2D eigenvalue weighted by molar-refractivity contribution is -0.126. The molecule has 142 valence electrons. The zero-order valence-corrected chi connectivity index (χ0v) is 15.1. The lowest BCUT2D eigenvalue weighted by Crippen LogP contribution is -2.46. The van der Waals surface area contributed by atoms with Crippen molar-refractivity contribution in [2.45, 2.75) is 6.42 Å². The smallest absolute Gasteiger partial charge is 0.271 e. The highest BCUT2D eigenvalue weighted by atomic mass is 16.2. The van der Waals surface area contributed by atoms with Gasteiger partial charge in [-0.3, -0.25) is 25.2 Å². The number of hydrogen-bond donors (Lipinski definition) is 3. The minimum absolute atomic E-state index is 0.185. The first-order valence-electron chi connectivity index (χ1n) is 8.75. The molecule has 0 fully saturated rings. The van der Waals surface area contributed by atoms with Gasteiger partial charge in [0.05, 0.1) is 24.2 Å². The maximum atomic E-state index is 12.4. The molecule has 3 aromatic rings. The Morgan fingerprint density at radius 2 is 1.43 bits per heavy atom. The topological polar surface area (TPSA) is 92.2 Å². The van der Waals surface area contributed by atoms with Gasteiger partial charge in [-0.05, 0) is 29.8 Å². The van der Waals surface area contributed by atoms with E-state index in [1.54, 1.807) is 22.8 Å². The fourth-order valence-corrected chi connectivity index (χ4v) is 2.65. The molecule has 0 radical (unpaired) electrons. The maximum absolute atomic E-state index is 12.4. The Bertz CT molecular complexity index is 953. The standard InChI is InChI=1S/C21H20N4O3/c26-19(14-16-8-2-1-3-9-16)22-15-20(27)23-24-21(28)17-10-4-5-11-18(17)25-12-6-7-13-25/h1-13H,14-15H2,(H,22,26)(H,23,27)(H,24,28). The molecule has 7 nitrogen and oxygen atoms in total. The van der Waals surface area contributed by atoms with Crippen molar-refractivity contribution < 1.29 is 14.4 Å². The summed E-state index contributed by atoms with van der Waals surface area (Å²) in [6.07, 6.45) is 3.84. The summed E-state index contributed by atoms with van der Waals surface area (Å²) < 4.78 is 1.81. The van der Waals surface area contributed by atoms with E-state index in [-0.39, 0.29) is 18.9 Å². The fourth-order valence-electron chi connectivity index (χ4n) is 2.65. The van der Waals surface area contributed by atoms with Gasteiger partial charge in [-0.2, -0.15) is 0 Å². The quantitative estimate of drug-likeness (QED) is 0.571. The molecule has 1 heterocycles. The van der Waals surface area contributed by atoms with Crippen molar-refractivity contribution in [2.75, 3.05) is 6.54 Å². The number of nitrogens with one attached hydrogen (secondary N) is 3. The molecule has 28 heavy (non-hydrogen) atoms. The third-order valence-electron chi connectivity index (χ3n) is 4.00. The van der Waals surface area contributed by atoms with E-state index in [4.69, 9.17) is 0 Å². The van der Waals surface area contributed by atoms with Gasteiger partial charge in [0.15, 0.2) is 0 Å². The second-order valence-electron chi connectivity index (χ2n) is 6.05. The van der Waals surface area contributed by atoms with Gasteiger partial charge < -0.3 is 9.88 Å². The van der Waals surface area contributed by atoms with Crippen molar-refractivity contribution in [3.05, 3.63) is 90.3 Å². The van der Waals surface area contributed by atoms with E-state index in [9.17, 15) is 14.4 Å². The van der Waals surface area contributed by atoms with E-state index in [1.165, 1.54) is 0 Å². The van der Waals surface area contributed by atoms with Crippen LogP contribution in [0.2, 0.25) is 0 Å². The minimum atomic E-state index is -0.520. The molecule has 0 saturated carbocycles. The number of para-hydroxylation sites is 1. The predicted molar refractivity (Wildman–Crippen MR) is 105 cm³/mol. The number of hydrazine groups is 1. The van der Waals surface area contributed by atoms with Gasteiger partial charge >= 0.3 is 0 Å². The van der Waals surface area contributed by atoms with Crippen molar-refractivity contribution in [1.82, 2.24) is 20.7 Å². The first-order chi connectivity index (χ1) is 13.6. The van der Waals surface area contributed by atoms with Crippen LogP contribution in [0.25, 0.3) is 5.69 Å². The molecule has 0 aliphatic carbocycles. The molecule has 0 aliphatic heterocycles. The maximum Gasteiger partial charge on any atom is 0.271 e. The van der Waals surface area contributed by atoms with Crippen LogP contribution in [0, 0.1) is 0 Å². The lowest BCUT2D eigenvalue weighted by atomic mass is 10.1. The molecule has 2 aromatic carbocycles. The lowest BCUT2D eigenvalue weighted by Gasteiger charge is -2.12. The van der Waals surface area contributed by atoms with Gasteiger partial charge in [0, 0.05) is 12.4 Å². The van der Waals surface area contributed by atoms with Crippen LogP contribution in [0.4, 0.5) is 0 Å². The average Bonchev–Trinajstić information content (AvgIpc) is 3.26. The summed E-state index contributed by atoms with van der Waals surface area (Å²) >= 11 is 0. The van der Waals surface area contributed by atoms with E-state index < -0.39 is 11.8 Å². The van der Waals surface area contributed by atoms with Crippen molar-refractivity contribution in [3.8, 4) is 5.69 Å². The summed E-state index contributed by atoms with van der Waals surface area (Å²) in [7, 11) is 0. The summed E-state index contributed by atoms with van der Waals surface area (Å²) in [6.45, 7) is -0.231. The Hall–Kier alpha value is -3.87. The molecule has 0 atom stereocenters. The van der Waals surface area contributed by atoms with Gasteiger partial charge in [0.25, 0.3) is 11.8 Å². The number of rotatable bonds is 6. The van der Waals surface area contributed by atoms with Crippen LogP contribution in [0.15, 0.2) is 79.1 Å². The molecule has 0 bridgehead atoms. The number of amides is 3. The number of carbonyl (C=O) groups excluding carboxylic acids is 3. The van der Waals surface area contributed by atoms with Crippen LogP contribution >= 0.6 is 0 Å². The van der Waals surface area contributed by atoms with Crippen molar-refractivity contribution >= 4 is 17.7 Å². The SMILES string of the molecule is O=C(Cc1ccccc1)NCC(=O)NNC(=O)c1ccccc1-n1cccc1. The Morgan fingerprint density at radius 3 is 2.18 bits per heavy atom. The van der Waals surface area contributed by atoms with Crippen LogP contribution < -0.4 is 16.2 Å². The second kappa shape index (κ2) is 9.18. The van der Waals surface area contributed by atoms with E-state index in [0.717, 1.165) is 5.56 Å². The zero-order valence-electron chi connectivity index (χ0n) is 15.1. The van der Waals surface area contributed by atoms with Crippen molar-refractivity contribution in [3.63, 3.8) is 0 Å². The predicted octanol–water partition coefficient (Wildman–Crippen LogP) is 1.60. The van der Waals surface area contributed by atoms with Gasteiger partial charge in [-0.15, -0.1) is 0 Å². The minimum Gasteiger partial charge on any atom is -0.347 e. The van der Waals surface area contributed by atoms with Crippen LogP contribution in [-0.2, 0) is 16.0 Å². The molecule has 3 N–H and O–H groups in total. The third kappa shape index (κ3) is 5.07. The molecule has 7 heteroatoms. The molecule has 1 aromatic heterocycles. The normalized spacial score (nSPS) is 10.1. The van der Waals surface area contributed by atoms with Gasteiger partial charge in [-0.1, -0.05) is 42.5 Å². The van der Waals surface area contributed by atoms with Crippen molar-refractivity contribution in [1.29, 1.82) is 0 Å². The molecule has 0 spiro atoms. The molecule has 0 aliphatic rings. The highest BCUT2D eigenvalue weighted by molar-refractivity contribution is 5.99. The van der Waals surface area contributed by atoms with Gasteiger partial charge in [0.2, 0.25) is 5.91 Å². The zero-order chi connectivity index (χ0) is 19.8. The number of nitrogens with zero attached hydrogens (tertiary/aromatic N) is 1. The summed E-state index contributed by atoms with van der Waals surface area (Å²) in [5.74, 6) is -1.24. The molecule has 3 rings (SSSR count). The van der Waals surface area contributed by atoms with Crippen LogP contribution in [0.1, 0.15) is 15.9 Å². The number of aromatic nitrogens is 1. The van der Waals surface area contributed by atoms with E-state index in [0.29, 0.717) is 11.3 Å². The Labute approximate surface area is 162 Å². The second-order valence-corrected chi connectivity index (χ2v) is 6.05. The van der Waals surface area contributed by atoms with E-state index in [2.05, 4.69) is 16.2 Å². The summed E-state index contributed by atoms with van der Waals surface area (Å²) in [5, 5.41) is 2.52. The molecule has 3 amide bonds. The molecular weight excluding hydrogens is 356 g/mol. The van der Waals surface area contributed by atoms with Gasteiger partial charge in [-0.25, -0.2) is 0 Å². The summed E-state index contributed by atoms with van der Waals surface area (Å²) in [5.41, 5.74) is 6.64. The van der Waals surface area contributed by atoms with Crippen molar-refractivity contribution in [2.24, 2.45) is 0 Å². The Morgan fingerprint density at radius 1 is 0.750 bits per heavy atom. The summed E-state index contributed by atoms with van der Waals surface area (Å²) in [4.78, 5) is 36.2. The third-order valence-corrected chi connectivity index (χ3v) is 4.00. The largest absolute Gasteiger partial charge is 0.347 e. The number of carbonyl (C=O) groups is 3. The average molecular weight is 376 g/mol. The fraction of sp³-hybridized carbons (Fsp3) is 0.0952. The Balaban J connectivity index is 1.49. The van der Waals surface area contributed by atoms with Crippen LogP contribution in [0.5, 0.6) is 0 Å².